The highest BCUT2D eigenvalue weighted by molar-refractivity contribution is 5.49. The lowest BCUT2D eigenvalue weighted by Crippen LogP contribution is -2.39. The fraction of sp³-hybridized carbons (Fsp3) is 0.688. The topological polar surface area (TPSA) is 28.2 Å². The lowest BCUT2D eigenvalue weighted by Gasteiger charge is -2.36. The molecule has 1 aromatic rings. The standard InChI is InChI=1S/C16H27N3/c1-5-13-9-6-7-12-19(13)15-11-8-10-14(17-15)18-16(2,3)4/h8,10-11,13H,5-7,9,12H2,1-4H3,(H,17,18). The van der Waals surface area contributed by atoms with Gasteiger partial charge in [-0.15, -0.1) is 0 Å². The Balaban J connectivity index is 2.17. The minimum atomic E-state index is 0.0533. The van der Waals surface area contributed by atoms with Crippen LogP contribution in [-0.2, 0) is 0 Å². The third-order valence-electron chi connectivity index (χ3n) is 3.63. The van der Waals surface area contributed by atoms with Gasteiger partial charge < -0.3 is 10.2 Å². The Hall–Kier alpha value is -1.25. The first-order valence-electron chi connectivity index (χ1n) is 7.51. The van der Waals surface area contributed by atoms with E-state index in [-0.39, 0.29) is 5.54 Å². The zero-order valence-corrected chi connectivity index (χ0v) is 12.7. The van der Waals surface area contributed by atoms with E-state index in [9.17, 15) is 0 Å². The Kier molecular flexibility index (Phi) is 4.33. The summed E-state index contributed by atoms with van der Waals surface area (Å²) in [5.74, 6) is 2.10. The molecule has 3 heteroatoms. The number of nitrogens with zero attached hydrogens (tertiary/aromatic N) is 2. The Morgan fingerprint density at radius 1 is 1.32 bits per heavy atom. The summed E-state index contributed by atoms with van der Waals surface area (Å²) >= 11 is 0. The fourth-order valence-corrected chi connectivity index (χ4v) is 2.76. The second-order valence-electron chi connectivity index (χ2n) is 6.51. The van der Waals surface area contributed by atoms with Crippen LogP contribution in [0.4, 0.5) is 11.6 Å². The highest BCUT2D eigenvalue weighted by atomic mass is 15.2. The SMILES string of the molecule is CCC1CCCCN1c1cccc(NC(C)(C)C)n1. The molecule has 19 heavy (non-hydrogen) atoms. The summed E-state index contributed by atoms with van der Waals surface area (Å²) < 4.78 is 0. The minimum Gasteiger partial charge on any atom is -0.365 e. The molecular weight excluding hydrogens is 234 g/mol. The van der Waals surface area contributed by atoms with E-state index in [1.807, 2.05) is 0 Å². The van der Waals surface area contributed by atoms with Gasteiger partial charge in [0.25, 0.3) is 0 Å². The van der Waals surface area contributed by atoms with E-state index in [4.69, 9.17) is 4.98 Å². The monoisotopic (exact) mass is 261 g/mol. The van der Waals surface area contributed by atoms with Crippen LogP contribution in [-0.4, -0.2) is 23.1 Å². The molecule has 3 nitrogen and oxygen atoms in total. The number of aromatic nitrogens is 1. The van der Waals surface area contributed by atoms with Crippen molar-refractivity contribution in [2.45, 2.75) is 65.0 Å². The Morgan fingerprint density at radius 2 is 2.11 bits per heavy atom. The van der Waals surface area contributed by atoms with Gasteiger partial charge in [0, 0.05) is 18.1 Å². The number of pyridine rings is 1. The smallest absolute Gasteiger partial charge is 0.131 e. The molecule has 1 aliphatic heterocycles. The molecule has 1 saturated heterocycles. The van der Waals surface area contributed by atoms with Crippen LogP contribution in [0.25, 0.3) is 0 Å². The van der Waals surface area contributed by atoms with Crippen molar-refractivity contribution in [2.24, 2.45) is 0 Å². The van der Waals surface area contributed by atoms with Crippen LogP contribution in [0, 0.1) is 0 Å². The predicted molar refractivity (Wildman–Crippen MR) is 82.9 cm³/mol. The third-order valence-corrected chi connectivity index (χ3v) is 3.63. The van der Waals surface area contributed by atoms with Crippen LogP contribution in [0.2, 0.25) is 0 Å². The molecule has 0 saturated carbocycles. The second-order valence-corrected chi connectivity index (χ2v) is 6.51. The zero-order chi connectivity index (χ0) is 13.9. The van der Waals surface area contributed by atoms with E-state index < -0.39 is 0 Å². The van der Waals surface area contributed by atoms with Crippen LogP contribution >= 0.6 is 0 Å². The molecule has 0 spiro atoms. The minimum absolute atomic E-state index is 0.0533. The molecule has 0 bridgehead atoms. The quantitative estimate of drug-likeness (QED) is 0.889. The molecule has 2 heterocycles. The maximum absolute atomic E-state index is 4.79. The molecule has 1 fully saturated rings. The molecule has 2 rings (SSSR count). The van der Waals surface area contributed by atoms with E-state index in [0.717, 1.165) is 18.2 Å². The number of rotatable bonds is 3. The van der Waals surface area contributed by atoms with E-state index in [2.05, 4.69) is 56.1 Å². The van der Waals surface area contributed by atoms with Crippen LogP contribution in [0.15, 0.2) is 18.2 Å². The third kappa shape index (κ3) is 3.85. The number of hydrogen-bond acceptors (Lipinski definition) is 3. The first kappa shape index (κ1) is 14.2. The van der Waals surface area contributed by atoms with Crippen LogP contribution in [0.5, 0.6) is 0 Å². The summed E-state index contributed by atoms with van der Waals surface area (Å²) in [4.78, 5) is 7.28. The largest absolute Gasteiger partial charge is 0.365 e. The summed E-state index contributed by atoms with van der Waals surface area (Å²) in [6.45, 7) is 9.91. The van der Waals surface area contributed by atoms with E-state index in [1.165, 1.54) is 25.7 Å². The van der Waals surface area contributed by atoms with Crippen molar-refractivity contribution in [1.29, 1.82) is 0 Å². The number of anilines is 2. The molecule has 0 aliphatic carbocycles. The van der Waals surface area contributed by atoms with Crippen molar-refractivity contribution >= 4 is 11.6 Å². The summed E-state index contributed by atoms with van der Waals surface area (Å²) in [7, 11) is 0. The maximum atomic E-state index is 4.79. The number of hydrogen-bond donors (Lipinski definition) is 1. The van der Waals surface area contributed by atoms with Crippen LogP contribution in [0.3, 0.4) is 0 Å². The van der Waals surface area contributed by atoms with Gasteiger partial charge in [0.1, 0.15) is 11.6 Å². The first-order chi connectivity index (χ1) is 8.99. The molecule has 1 aliphatic rings. The normalized spacial score (nSPS) is 20.4. The average molecular weight is 261 g/mol. The van der Waals surface area contributed by atoms with Gasteiger partial charge >= 0.3 is 0 Å². The lowest BCUT2D eigenvalue weighted by atomic mass is 10.00. The van der Waals surface area contributed by atoms with Gasteiger partial charge in [0.2, 0.25) is 0 Å². The fourth-order valence-electron chi connectivity index (χ4n) is 2.76. The molecule has 0 amide bonds. The molecule has 0 aromatic carbocycles. The molecule has 1 aromatic heterocycles. The zero-order valence-electron chi connectivity index (χ0n) is 12.7. The van der Waals surface area contributed by atoms with Crippen molar-refractivity contribution < 1.29 is 0 Å². The van der Waals surface area contributed by atoms with Gasteiger partial charge in [-0.05, 0) is 58.6 Å². The van der Waals surface area contributed by atoms with E-state index in [0.29, 0.717) is 6.04 Å². The van der Waals surface area contributed by atoms with Gasteiger partial charge in [0.15, 0.2) is 0 Å². The van der Waals surface area contributed by atoms with E-state index in [1.54, 1.807) is 0 Å². The average Bonchev–Trinajstić information content (AvgIpc) is 2.37. The van der Waals surface area contributed by atoms with Crippen molar-refractivity contribution in [3.05, 3.63) is 18.2 Å². The van der Waals surface area contributed by atoms with Crippen molar-refractivity contribution in [1.82, 2.24) is 4.98 Å². The van der Waals surface area contributed by atoms with Crippen LogP contribution in [0.1, 0.15) is 53.4 Å². The first-order valence-corrected chi connectivity index (χ1v) is 7.51. The Morgan fingerprint density at radius 3 is 2.79 bits per heavy atom. The van der Waals surface area contributed by atoms with Gasteiger partial charge in [-0.1, -0.05) is 13.0 Å². The molecule has 1 N–H and O–H groups in total. The summed E-state index contributed by atoms with van der Waals surface area (Å²) in [5, 5.41) is 3.46. The van der Waals surface area contributed by atoms with Crippen molar-refractivity contribution in [3.8, 4) is 0 Å². The van der Waals surface area contributed by atoms with E-state index >= 15 is 0 Å². The van der Waals surface area contributed by atoms with Crippen LogP contribution < -0.4 is 10.2 Å². The predicted octanol–water partition coefficient (Wildman–Crippen LogP) is 4.06. The second kappa shape index (κ2) is 5.81. The molecule has 1 atom stereocenters. The van der Waals surface area contributed by atoms with Gasteiger partial charge in [-0.25, -0.2) is 4.98 Å². The molecule has 106 valence electrons. The molecule has 0 radical (unpaired) electrons. The highest BCUT2D eigenvalue weighted by Gasteiger charge is 2.22. The Labute approximate surface area is 117 Å². The Bertz CT molecular complexity index is 409. The molecule has 1 unspecified atom stereocenters. The summed E-state index contributed by atoms with van der Waals surface area (Å²) in [5.41, 5.74) is 0.0533. The summed E-state index contributed by atoms with van der Waals surface area (Å²) in [6, 6.07) is 6.96. The van der Waals surface area contributed by atoms with Gasteiger partial charge in [-0.3, -0.25) is 0 Å². The van der Waals surface area contributed by atoms with Crippen molar-refractivity contribution in [2.75, 3.05) is 16.8 Å². The maximum Gasteiger partial charge on any atom is 0.131 e. The van der Waals surface area contributed by atoms with Crippen molar-refractivity contribution in [3.63, 3.8) is 0 Å². The number of nitrogens with one attached hydrogen (secondary N) is 1. The summed E-state index contributed by atoms with van der Waals surface area (Å²) in [6.07, 6.45) is 5.15. The van der Waals surface area contributed by atoms with Gasteiger partial charge in [-0.2, -0.15) is 0 Å². The lowest BCUT2D eigenvalue weighted by molar-refractivity contribution is 0.447. The molecular formula is C16H27N3. The van der Waals surface area contributed by atoms with Gasteiger partial charge in [0.05, 0.1) is 0 Å². The number of piperidine rings is 1. The highest BCUT2D eigenvalue weighted by Crippen LogP contribution is 2.26.